The van der Waals surface area contributed by atoms with Crippen LogP contribution in [-0.4, -0.2) is 33.8 Å². The quantitative estimate of drug-likeness (QED) is 0.405. The van der Waals surface area contributed by atoms with Gasteiger partial charge in [-0.15, -0.1) is 0 Å². The highest BCUT2D eigenvalue weighted by molar-refractivity contribution is 14.1. The molecule has 0 aliphatic carbocycles. The van der Waals surface area contributed by atoms with Crippen LogP contribution in [0.25, 0.3) is 0 Å². The highest BCUT2D eigenvalue weighted by Crippen LogP contribution is 2.10. The normalized spacial score (nSPS) is 12.0. The summed E-state index contributed by atoms with van der Waals surface area (Å²) in [5.41, 5.74) is 0. The van der Waals surface area contributed by atoms with Gasteiger partial charge in [0.05, 0.1) is 12.9 Å². The Morgan fingerprint density at radius 3 is 2.80 bits per heavy atom. The number of nitrogens with zero attached hydrogens (tertiary/aromatic N) is 4. The van der Waals surface area contributed by atoms with Crippen molar-refractivity contribution >= 4 is 30.7 Å². The summed E-state index contributed by atoms with van der Waals surface area (Å²) in [7, 11) is -1.02. The Bertz CT molecular complexity index is 533. The molecule has 0 amide bonds. The van der Waals surface area contributed by atoms with E-state index >= 15 is 0 Å². The van der Waals surface area contributed by atoms with Gasteiger partial charge >= 0.3 is 0 Å². The summed E-state index contributed by atoms with van der Waals surface area (Å²) < 4.78 is 10.9. The number of hydrogen-bond acceptors (Lipinski definition) is 3. The molecule has 0 aliphatic rings. The molecule has 0 aliphatic heterocycles. The monoisotopic (exact) mass is 404 g/mol. The lowest BCUT2D eigenvalue weighted by Crippen LogP contribution is -2.22. The van der Waals surface area contributed by atoms with Gasteiger partial charge in [0.2, 0.25) is 0 Å². The fraction of sp³-hybridized carbons (Fsp3) is 0.538. The molecular formula is C13H21IN4OSi. The summed E-state index contributed by atoms with van der Waals surface area (Å²) in [6.07, 6.45) is 7.56. The SMILES string of the molecule is C[Si](C)(C)CCOCn1cc(I)nc1Cn1ccnc1. The van der Waals surface area contributed by atoms with E-state index in [-0.39, 0.29) is 0 Å². The Kier molecular flexibility index (Phi) is 5.39. The number of ether oxygens (including phenoxy) is 1. The summed E-state index contributed by atoms with van der Waals surface area (Å²) in [4.78, 5) is 8.60. The molecule has 7 heteroatoms. The molecule has 0 unspecified atom stereocenters. The third-order valence-corrected chi connectivity index (χ3v) is 5.16. The van der Waals surface area contributed by atoms with Crippen molar-refractivity contribution in [3.05, 3.63) is 34.4 Å². The molecule has 2 rings (SSSR count). The van der Waals surface area contributed by atoms with Gasteiger partial charge in [0, 0.05) is 33.3 Å². The fourth-order valence-corrected chi connectivity index (χ4v) is 3.11. The molecule has 110 valence electrons. The van der Waals surface area contributed by atoms with Crippen LogP contribution in [0, 0.1) is 3.70 Å². The molecule has 0 bridgehead atoms. The molecule has 0 radical (unpaired) electrons. The largest absolute Gasteiger partial charge is 0.361 e. The van der Waals surface area contributed by atoms with Crippen LogP contribution in [0.3, 0.4) is 0 Å². The van der Waals surface area contributed by atoms with Gasteiger partial charge in [0.15, 0.2) is 0 Å². The summed E-state index contributed by atoms with van der Waals surface area (Å²) in [6.45, 7) is 9.21. The maximum Gasteiger partial charge on any atom is 0.131 e. The minimum Gasteiger partial charge on any atom is -0.361 e. The second kappa shape index (κ2) is 6.86. The number of aromatic nitrogens is 4. The van der Waals surface area contributed by atoms with E-state index in [0.29, 0.717) is 6.73 Å². The van der Waals surface area contributed by atoms with Crippen molar-refractivity contribution in [2.24, 2.45) is 0 Å². The van der Waals surface area contributed by atoms with E-state index in [1.807, 2.05) is 17.0 Å². The summed E-state index contributed by atoms with van der Waals surface area (Å²) in [6, 6.07) is 1.19. The number of hydrogen-bond donors (Lipinski definition) is 0. The van der Waals surface area contributed by atoms with Gasteiger partial charge in [-0.25, -0.2) is 9.97 Å². The Morgan fingerprint density at radius 1 is 1.35 bits per heavy atom. The van der Waals surface area contributed by atoms with Crippen molar-refractivity contribution in [2.45, 2.75) is 39.0 Å². The maximum absolute atomic E-state index is 5.80. The van der Waals surface area contributed by atoms with Crippen LogP contribution in [0.4, 0.5) is 0 Å². The van der Waals surface area contributed by atoms with Crippen LogP contribution >= 0.6 is 22.6 Å². The smallest absolute Gasteiger partial charge is 0.131 e. The zero-order valence-corrected chi connectivity index (χ0v) is 15.4. The van der Waals surface area contributed by atoms with Gasteiger partial charge in [-0.1, -0.05) is 19.6 Å². The summed E-state index contributed by atoms with van der Waals surface area (Å²) >= 11 is 2.24. The van der Waals surface area contributed by atoms with Crippen molar-refractivity contribution in [1.82, 2.24) is 19.1 Å². The highest BCUT2D eigenvalue weighted by Gasteiger charge is 2.12. The van der Waals surface area contributed by atoms with Crippen molar-refractivity contribution in [2.75, 3.05) is 6.61 Å². The Hall–Kier alpha value is -0.673. The van der Waals surface area contributed by atoms with Crippen LogP contribution in [0.5, 0.6) is 0 Å². The second-order valence-corrected chi connectivity index (χ2v) is 12.8. The molecule has 0 N–H and O–H groups in total. The Morgan fingerprint density at radius 2 is 2.15 bits per heavy atom. The number of rotatable bonds is 7. The van der Waals surface area contributed by atoms with E-state index in [9.17, 15) is 0 Å². The van der Waals surface area contributed by atoms with Crippen molar-refractivity contribution < 1.29 is 4.74 Å². The maximum atomic E-state index is 5.80. The standard InChI is InChI=1S/C13H21IN4OSi/c1-20(2,3)7-6-19-11-18-8-12(14)16-13(18)9-17-5-4-15-10-17/h4-5,8,10H,6-7,9,11H2,1-3H3. The molecule has 0 saturated carbocycles. The van der Waals surface area contributed by atoms with E-state index < -0.39 is 8.07 Å². The number of imidazole rings is 2. The second-order valence-electron chi connectivity index (χ2n) is 6.03. The average Bonchev–Trinajstić information content (AvgIpc) is 2.94. The lowest BCUT2D eigenvalue weighted by Gasteiger charge is -2.16. The topological polar surface area (TPSA) is 44.9 Å². The van der Waals surface area contributed by atoms with Crippen LogP contribution < -0.4 is 0 Å². The summed E-state index contributed by atoms with van der Waals surface area (Å²) in [5, 5.41) is 0. The Labute approximate surface area is 134 Å². The third kappa shape index (κ3) is 5.02. The molecule has 0 aromatic carbocycles. The summed E-state index contributed by atoms with van der Waals surface area (Å²) in [5.74, 6) is 1.00. The van der Waals surface area contributed by atoms with Crippen LogP contribution in [0.2, 0.25) is 25.7 Å². The molecule has 5 nitrogen and oxygen atoms in total. The minimum absolute atomic E-state index is 0.574. The Balaban J connectivity index is 1.91. The zero-order valence-electron chi connectivity index (χ0n) is 12.2. The van der Waals surface area contributed by atoms with Gasteiger partial charge in [-0.05, 0) is 28.6 Å². The number of halogens is 1. The molecule has 20 heavy (non-hydrogen) atoms. The van der Waals surface area contributed by atoms with Crippen LogP contribution in [0.1, 0.15) is 5.82 Å². The predicted octanol–water partition coefficient (Wildman–Crippen LogP) is 3.04. The molecule has 0 spiro atoms. The molecular weight excluding hydrogens is 383 g/mol. The molecule has 2 heterocycles. The van der Waals surface area contributed by atoms with E-state index in [1.165, 1.54) is 6.04 Å². The van der Waals surface area contributed by atoms with Gasteiger partial charge in [0.25, 0.3) is 0 Å². The van der Waals surface area contributed by atoms with Crippen molar-refractivity contribution in [3.63, 3.8) is 0 Å². The molecule has 2 aromatic heterocycles. The minimum atomic E-state index is -1.02. The van der Waals surface area contributed by atoms with E-state index in [2.05, 4.69) is 56.8 Å². The average molecular weight is 404 g/mol. The van der Waals surface area contributed by atoms with Gasteiger partial charge in [-0.3, -0.25) is 0 Å². The molecule has 0 atom stereocenters. The van der Waals surface area contributed by atoms with Crippen molar-refractivity contribution in [1.29, 1.82) is 0 Å². The lowest BCUT2D eigenvalue weighted by molar-refractivity contribution is 0.0849. The first kappa shape index (κ1) is 15.7. The molecule has 0 saturated heterocycles. The van der Waals surface area contributed by atoms with E-state index in [4.69, 9.17) is 4.74 Å². The zero-order chi connectivity index (χ0) is 14.6. The van der Waals surface area contributed by atoms with Crippen LogP contribution in [-0.2, 0) is 18.0 Å². The van der Waals surface area contributed by atoms with Gasteiger partial charge in [0.1, 0.15) is 16.3 Å². The first-order valence-electron chi connectivity index (χ1n) is 6.69. The van der Waals surface area contributed by atoms with E-state index in [0.717, 1.165) is 22.7 Å². The van der Waals surface area contributed by atoms with Crippen LogP contribution in [0.15, 0.2) is 24.9 Å². The highest BCUT2D eigenvalue weighted by atomic mass is 127. The first-order valence-corrected chi connectivity index (χ1v) is 11.5. The predicted molar refractivity (Wildman–Crippen MR) is 90.4 cm³/mol. The fourth-order valence-electron chi connectivity index (χ4n) is 1.74. The van der Waals surface area contributed by atoms with Crippen molar-refractivity contribution in [3.8, 4) is 0 Å². The first-order chi connectivity index (χ1) is 9.44. The molecule has 0 fully saturated rings. The third-order valence-electron chi connectivity index (χ3n) is 2.94. The van der Waals surface area contributed by atoms with E-state index in [1.54, 1.807) is 12.5 Å². The van der Waals surface area contributed by atoms with Gasteiger partial charge in [-0.2, -0.15) is 0 Å². The lowest BCUT2D eigenvalue weighted by atomic mass is 10.5. The molecule has 2 aromatic rings. The van der Waals surface area contributed by atoms with Gasteiger partial charge < -0.3 is 13.9 Å².